The fraction of sp³-hybridized carbons (Fsp3) is 0.222. The van der Waals surface area contributed by atoms with Crippen LogP contribution in [-0.2, 0) is 10.1 Å². The molecule has 2 N–H and O–H groups in total. The Bertz CT molecular complexity index is 768. The summed E-state index contributed by atoms with van der Waals surface area (Å²) in [6.07, 6.45) is 1.02. The third-order valence-electron chi connectivity index (χ3n) is 3.41. The summed E-state index contributed by atoms with van der Waals surface area (Å²) < 4.78 is 29.6. The normalized spacial score (nSPS) is 12.6. The first-order valence-corrected chi connectivity index (χ1v) is 8.94. The molecule has 0 heterocycles. The second kappa shape index (κ2) is 8.10. The first-order valence-electron chi connectivity index (χ1n) is 7.53. The molecule has 1 atom stereocenters. The summed E-state index contributed by atoms with van der Waals surface area (Å²) in [5.41, 5.74) is 1.64. The second-order valence-corrected chi connectivity index (χ2v) is 6.93. The molecule has 6 heteroatoms. The van der Waals surface area contributed by atoms with E-state index in [2.05, 4.69) is 11.9 Å². The van der Waals surface area contributed by atoms with E-state index < -0.39 is 16.2 Å². The highest BCUT2D eigenvalue weighted by Crippen LogP contribution is 2.21. The number of aryl methyl sites for hydroxylation is 1. The first kappa shape index (κ1) is 18.2. The van der Waals surface area contributed by atoms with Crippen molar-refractivity contribution in [2.75, 3.05) is 13.1 Å². The fourth-order valence-electron chi connectivity index (χ4n) is 2.07. The molecule has 2 rings (SSSR count). The van der Waals surface area contributed by atoms with Crippen LogP contribution in [0.15, 0.2) is 66.1 Å². The fourth-order valence-corrected chi connectivity index (χ4v) is 3.00. The lowest BCUT2D eigenvalue weighted by molar-refractivity contribution is 0.176. The average Bonchev–Trinajstić information content (AvgIpc) is 2.55. The molecule has 2 aromatic carbocycles. The molecule has 2 aromatic rings. The molecule has 0 aliphatic rings. The highest BCUT2D eigenvalue weighted by molar-refractivity contribution is 7.87. The van der Waals surface area contributed by atoms with Crippen molar-refractivity contribution in [2.45, 2.75) is 17.9 Å². The molecule has 0 saturated carbocycles. The van der Waals surface area contributed by atoms with Gasteiger partial charge in [-0.1, -0.05) is 35.9 Å². The van der Waals surface area contributed by atoms with Gasteiger partial charge in [-0.05, 0) is 36.8 Å². The molecular formula is C18H21NO4S. The van der Waals surface area contributed by atoms with Crippen molar-refractivity contribution in [3.05, 3.63) is 72.3 Å². The molecule has 0 spiro atoms. The standard InChI is InChI=1S/C18H21NO4S/c1-3-12-19-13-18(20)15-6-8-16(9-7-15)23-24(21,22)17-10-4-14(2)5-11-17/h3-11,18-20H,1,12-13H2,2H3/t18-/m1/s1. The number of hydrogen-bond acceptors (Lipinski definition) is 5. The molecule has 0 unspecified atom stereocenters. The number of hydrogen-bond donors (Lipinski definition) is 2. The lowest BCUT2D eigenvalue weighted by Crippen LogP contribution is -2.21. The van der Waals surface area contributed by atoms with E-state index in [4.69, 9.17) is 4.18 Å². The second-order valence-electron chi connectivity index (χ2n) is 5.38. The smallest absolute Gasteiger partial charge is 0.339 e. The Hall–Kier alpha value is -2.15. The van der Waals surface area contributed by atoms with Gasteiger partial charge in [0, 0.05) is 13.1 Å². The van der Waals surface area contributed by atoms with Crippen molar-refractivity contribution < 1.29 is 17.7 Å². The van der Waals surface area contributed by atoms with Crippen LogP contribution >= 0.6 is 0 Å². The summed E-state index contributed by atoms with van der Waals surface area (Å²) in [4.78, 5) is 0.103. The Morgan fingerprint density at radius 3 is 2.38 bits per heavy atom. The minimum absolute atomic E-state index is 0.103. The highest BCUT2D eigenvalue weighted by atomic mass is 32.2. The van der Waals surface area contributed by atoms with Gasteiger partial charge in [0.1, 0.15) is 10.6 Å². The Kier molecular flexibility index (Phi) is 6.14. The van der Waals surface area contributed by atoms with Gasteiger partial charge in [-0.3, -0.25) is 0 Å². The Balaban J connectivity index is 2.05. The number of aliphatic hydroxyl groups is 1. The van der Waals surface area contributed by atoms with Gasteiger partial charge in [-0.25, -0.2) is 0 Å². The summed E-state index contributed by atoms with van der Waals surface area (Å²) >= 11 is 0. The molecule has 5 nitrogen and oxygen atoms in total. The Labute approximate surface area is 142 Å². The maximum Gasteiger partial charge on any atom is 0.339 e. The van der Waals surface area contributed by atoms with Crippen LogP contribution in [0, 0.1) is 6.92 Å². The Morgan fingerprint density at radius 1 is 1.17 bits per heavy atom. The van der Waals surface area contributed by atoms with E-state index in [9.17, 15) is 13.5 Å². The molecule has 0 fully saturated rings. The largest absolute Gasteiger partial charge is 0.387 e. The maximum atomic E-state index is 12.2. The van der Waals surface area contributed by atoms with Crippen LogP contribution < -0.4 is 9.50 Å². The predicted octanol–water partition coefficient (Wildman–Crippen LogP) is 2.57. The summed E-state index contributed by atoms with van der Waals surface area (Å²) in [6.45, 7) is 6.46. The van der Waals surface area contributed by atoms with E-state index >= 15 is 0 Å². The summed E-state index contributed by atoms with van der Waals surface area (Å²) in [7, 11) is -3.87. The molecule has 0 bridgehead atoms. The highest BCUT2D eigenvalue weighted by Gasteiger charge is 2.16. The molecule has 128 valence electrons. The van der Waals surface area contributed by atoms with Gasteiger partial charge in [0.2, 0.25) is 0 Å². The molecule has 0 radical (unpaired) electrons. The molecular weight excluding hydrogens is 326 g/mol. The zero-order chi connectivity index (χ0) is 17.6. The van der Waals surface area contributed by atoms with Crippen molar-refractivity contribution in [2.24, 2.45) is 0 Å². The number of benzene rings is 2. The molecule has 0 saturated heterocycles. The van der Waals surface area contributed by atoms with Gasteiger partial charge < -0.3 is 14.6 Å². The molecule has 24 heavy (non-hydrogen) atoms. The number of nitrogens with one attached hydrogen (secondary N) is 1. The molecule has 0 amide bonds. The van der Waals surface area contributed by atoms with Crippen LogP contribution in [0.2, 0.25) is 0 Å². The third-order valence-corrected chi connectivity index (χ3v) is 4.67. The van der Waals surface area contributed by atoms with Gasteiger partial charge >= 0.3 is 10.1 Å². The predicted molar refractivity (Wildman–Crippen MR) is 93.5 cm³/mol. The van der Waals surface area contributed by atoms with Crippen LogP contribution in [0.25, 0.3) is 0 Å². The zero-order valence-electron chi connectivity index (χ0n) is 13.5. The maximum absolute atomic E-state index is 12.2. The number of aliphatic hydroxyl groups excluding tert-OH is 1. The van der Waals surface area contributed by atoms with Crippen LogP contribution in [-0.4, -0.2) is 26.6 Å². The first-order chi connectivity index (χ1) is 11.4. The van der Waals surface area contributed by atoms with E-state index in [-0.39, 0.29) is 10.6 Å². The zero-order valence-corrected chi connectivity index (χ0v) is 14.3. The topological polar surface area (TPSA) is 75.6 Å². The summed E-state index contributed by atoms with van der Waals surface area (Å²) in [5, 5.41) is 13.0. The van der Waals surface area contributed by atoms with Gasteiger partial charge in [0.25, 0.3) is 0 Å². The molecule has 0 aromatic heterocycles. The lowest BCUT2D eigenvalue weighted by atomic mass is 10.1. The minimum atomic E-state index is -3.87. The van der Waals surface area contributed by atoms with Crippen molar-refractivity contribution >= 4 is 10.1 Å². The molecule has 0 aliphatic heterocycles. The van der Waals surface area contributed by atoms with Crippen molar-refractivity contribution in [1.29, 1.82) is 0 Å². The van der Waals surface area contributed by atoms with Crippen LogP contribution in [0.1, 0.15) is 17.2 Å². The van der Waals surface area contributed by atoms with Gasteiger partial charge in [-0.2, -0.15) is 8.42 Å². The van der Waals surface area contributed by atoms with E-state index in [1.165, 1.54) is 24.3 Å². The van der Waals surface area contributed by atoms with E-state index in [1.807, 2.05) is 6.92 Å². The SMILES string of the molecule is C=CCNC[C@@H](O)c1ccc(OS(=O)(=O)c2ccc(C)cc2)cc1. The minimum Gasteiger partial charge on any atom is -0.387 e. The Morgan fingerprint density at radius 2 is 1.79 bits per heavy atom. The summed E-state index contributed by atoms with van der Waals surface area (Å²) in [5.74, 6) is 0.200. The van der Waals surface area contributed by atoms with E-state index in [1.54, 1.807) is 30.3 Å². The average molecular weight is 347 g/mol. The van der Waals surface area contributed by atoms with Crippen LogP contribution in [0.5, 0.6) is 5.75 Å². The van der Waals surface area contributed by atoms with E-state index in [0.717, 1.165) is 5.56 Å². The number of rotatable bonds is 8. The van der Waals surface area contributed by atoms with Crippen molar-refractivity contribution in [1.82, 2.24) is 5.32 Å². The van der Waals surface area contributed by atoms with Gasteiger partial charge in [0.05, 0.1) is 6.10 Å². The van der Waals surface area contributed by atoms with Crippen molar-refractivity contribution in [3.63, 3.8) is 0 Å². The molecule has 0 aliphatic carbocycles. The van der Waals surface area contributed by atoms with Gasteiger partial charge in [-0.15, -0.1) is 6.58 Å². The third kappa shape index (κ3) is 4.92. The van der Waals surface area contributed by atoms with E-state index in [0.29, 0.717) is 18.7 Å². The monoisotopic (exact) mass is 347 g/mol. The van der Waals surface area contributed by atoms with Crippen LogP contribution in [0.4, 0.5) is 0 Å². The van der Waals surface area contributed by atoms with Crippen molar-refractivity contribution in [3.8, 4) is 5.75 Å². The van der Waals surface area contributed by atoms with Crippen LogP contribution in [0.3, 0.4) is 0 Å². The lowest BCUT2D eigenvalue weighted by Gasteiger charge is -2.12. The van der Waals surface area contributed by atoms with Gasteiger partial charge in [0.15, 0.2) is 0 Å². The summed E-state index contributed by atoms with van der Waals surface area (Å²) in [6, 6.07) is 12.8. The quantitative estimate of drug-likeness (QED) is 0.436.